The van der Waals surface area contributed by atoms with Crippen LogP contribution in [0.4, 0.5) is 5.69 Å². The molecule has 0 aromatic heterocycles. The number of carbonyl (C=O) groups is 3. The van der Waals surface area contributed by atoms with E-state index in [9.17, 15) is 14.4 Å². The van der Waals surface area contributed by atoms with Crippen molar-refractivity contribution in [3.05, 3.63) is 101 Å². The number of hydrogen-bond acceptors (Lipinski definition) is 4. The number of anilines is 1. The highest BCUT2D eigenvalue weighted by Gasteiger charge is 2.25. The molecular formula is C25H24N2O4. The molecule has 0 radical (unpaired) electrons. The van der Waals surface area contributed by atoms with Crippen LogP contribution < -0.4 is 10.6 Å². The van der Waals surface area contributed by atoms with E-state index in [-0.39, 0.29) is 0 Å². The molecule has 0 fully saturated rings. The fourth-order valence-electron chi connectivity index (χ4n) is 3.19. The summed E-state index contributed by atoms with van der Waals surface area (Å²) < 4.78 is 5.22. The van der Waals surface area contributed by atoms with Crippen LogP contribution in [0.2, 0.25) is 0 Å². The Hall–Kier alpha value is -3.93. The Morgan fingerprint density at radius 1 is 0.839 bits per heavy atom. The van der Waals surface area contributed by atoms with Crippen molar-refractivity contribution in [2.75, 3.05) is 11.9 Å². The molecule has 3 rings (SSSR count). The molecule has 1 atom stereocenters. The van der Waals surface area contributed by atoms with E-state index in [4.69, 9.17) is 4.74 Å². The number of benzene rings is 3. The Kier molecular flexibility index (Phi) is 7.17. The van der Waals surface area contributed by atoms with E-state index in [2.05, 4.69) is 10.6 Å². The first kappa shape index (κ1) is 21.8. The second-order valence-corrected chi connectivity index (χ2v) is 7.22. The Labute approximate surface area is 181 Å². The van der Waals surface area contributed by atoms with Crippen LogP contribution in [0.5, 0.6) is 0 Å². The minimum absolute atomic E-state index is 0.411. The topological polar surface area (TPSA) is 84.5 Å². The Morgan fingerprint density at radius 2 is 1.42 bits per heavy atom. The van der Waals surface area contributed by atoms with Crippen LogP contribution in [0.25, 0.3) is 0 Å². The summed E-state index contributed by atoms with van der Waals surface area (Å²) in [4.78, 5) is 37.6. The molecule has 31 heavy (non-hydrogen) atoms. The summed E-state index contributed by atoms with van der Waals surface area (Å²) in [6, 6.07) is 22.0. The van der Waals surface area contributed by atoms with Gasteiger partial charge in [-0.15, -0.1) is 0 Å². The highest BCUT2D eigenvalue weighted by molar-refractivity contribution is 5.97. The van der Waals surface area contributed by atoms with E-state index in [0.717, 1.165) is 11.1 Å². The molecule has 0 aliphatic heterocycles. The standard InChI is InChI=1S/C25H24N2O4/c1-17-13-18(2)15-21(14-17)26-22(28)16-31-25(30)23(19-9-5-3-6-10-19)27-24(29)20-11-7-4-8-12-20/h3-15,23H,16H2,1-2H3,(H,26,28)(H,27,29). The van der Waals surface area contributed by atoms with Gasteiger partial charge in [0.05, 0.1) is 0 Å². The lowest BCUT2D eigenvalue weighted by molar-refractivity contribution is -0.149. The zero-order valence-corrected chi connectivity index (χ0v) is 17.4. The molecule has 2 N–H and O–H groups in total. The monoisotopic (exact) mass is 416 g/mol. The first-order valence-corrected chi connectivity index (χ1v) is 9.88. The minimum atomic E-state index is -1.04. The molecule has 3 aromatic carbocycles. The van der Waals surface area contributed by atoms with Gasteiger partial charge >= 0.3 is 5.97 Å². The lowest BCUT2D eigenvalue weighted by Crippen LogP contribution is -2.36. The van der Waals surface area contributed by atoms with Gasteiger partial charge in [-0.05, 0) is 54.8 Å². The van der Waals surface area contributed by atoms with Gasteiger partial charge in [0.2, 0.25) is 0 Å². The molecule has 2 amide bonds. The molecule has 1 unspecified atom stereocenters. The molecule has 0 saturated heterocycles. The second kappa shape index (κ2) is 10.2. The first-order valence-electron chi connectivity index (χ1n) is 9.88. The number of amides is 2. The Morgan fingerprint density at radius 3 is 2.03 bits per heavy atom. The summed E-state index contributed by atoms with van der Waals surface area (Å²) in [5.41, 5.74) is 3.64. The van der Waals surface area contributed by atoms with Crippen molar-refractivity contribution in [3.8, 4) is 0 Å². The predicted molar refractivity (Wildman–Crippen MR) is 119 cm³/mol. The lowest BCUT2D eigenvalue weighted by Gasteiger charge is -2.18. The van der Waals surface area contributed by atoms with Crippen molar-refractivity contribution in [2.45, 2.75) is 19.9 Å². The van der Waals surface area contributed by atoms with Gasteiger partial charge in [-0.25, -0.2) is 4.79 Å². The number of aryl methyl sites for hydroxylation is 2. The summed E-state index contributed by atoms with van der Waals surface area (Å²) in [6.45, 7) is 3.40. The van der Waals surface area contributed by atoms with Gasteiger partial charge in [0.15, 0.2) is 12.6 Å². The van der Waals surface area contributed by atoms with E-state index in [1.165, 1.54) is 0 Å². The van der Waals surface area contributed by atoms with Gasteiger partial charge < -0.3 is 15.4 Å². The number of hydrogen-bond donors (Lipinski definition) is 2. The van der Waals surface area contributed by atoms with Crippen molar-refractivity contribution >= 4 is 23.5 Å². The van der Waals surface area contributed by atoms with E-state index < -0.39 is 30.4 Å². The number of nitrogens with one attached hydrogen (secondary N) is 2. The fraction of sp³-hybridized carbons (Fsp3) is 0.160. The fourth-order valence-corrected chi connectivity index (χ4v) is 3.19. The van der Waals surface area contributed by atoms with E-state index in [1.807, 2.05) is 38.1 Å². The van der Waals surface area contributed by atoms with Crippen LogP contribution in [0.3, 0.4) is 0 Å². The SMILES string of the molecule is Cc1cc(C)cc(NC(=O)COC(=O)C(NC(=O)c2ccccc2)c2ccccc2)c1. The largest absolute Gasteiger partial charge is 0.454 e. The number of rotatable bonds is 7. The third kappa shape index (κ3) is 6.27. The number of esters is 1. The molecule has 0 heterocycles. The second-order valence-electron chi connectivity index (χ2n) is 7.22. The summed E-state index contributed by atoms with van der Waals surface area (Å²) >= 11 is 0. The number of ether oxygens (including phenoxy) is 1. The van der Waals surface area contributed by atoms with Gasteiger partial charge in [-0.3, -0.25) is 9.59 Å². The van der Waals surface area contributed by atoms with E-state index in [1.54, 1.807) is 54.6 Å². The summed E-state index contributed by atoms with van der Waals surface area (Å²) in [7, 11) is 0. The maximum atomic E-state index is 12.8. The zero-order valence-electron chi connectivity index (χ0n) is 17.4. The van der Waals surface area contributed by atoms with Crippen LogP contribution >= 0.6 is 0 Å². The van der Waals surface area contributed by atoms with Gasteiger partial charge in [-0.1, -0.05) is 54.6 Å². The molecule has 3 aromatic rings. The molecule has 0 saturated carbocycles. The molecule has 0 aliphatic rings. The number of carbonyl (C=O) groups excluding carboxylic acids is 3. The molecule has 0 spiro atoms. The third-order valence-electron chi connectivity index (χ3n) is 4.53. The predicted octanol–water partition coefficient (Wildman–Crippen LogP) is 3.96. The maximum Gasteiger partial charge on any atom is 0.333 e. The molecule has 6 nitrogen and oxygen atoms in total. The Bertz CT molecular complexity index is 1050. The van der Waals surface area contributed by atoms with Crippen LogP contribution in [-0.2, 0) is 14.3 Å². The van der Waals surface area contributed by atoms with E-state index in [0.29, 0.717) is 16.8 Å². The molecular weight excluding hydrogens is 392 g/mol. The normalized spacial score (nSPS) is 11.3. The first-order chi connectivity index (χ1) is 14.9. The van der Waals surface area contributed by atoms with Gasteiger partial charge in [0.25, 0.3) is 11.8 Å². The molecule has 0 bridgehead atoms. The van der Waals surface area contributed by atoms with E-state index >= 15 is 0 Å². The van der Waals surface area contributed by atoms with Crippen LogP contribution in [0, 0.1) is 13.8 Å². The maximum absolute atomic E-state index is 12.8. The van der Waals surface area contributed by atoms with Crippen LogP contribution in [-0.4, -0.2) is 24.4 Å². The Balaban J connectivity index is 1.67. The average Bonchev–Trinajstić information content (AvgIpc) is 2.76. The summed E-state index contributed by atoms with van der Waals surface area (Å²) in [5, 5.41) is 5.41. The van der Waals surface area contributed by atoms with Crippen molar-refractivity contribution in [1.82, 2.24) is 5.32 Å². The van der Waals surface area contributed by atoms with Crippen molar-refractivity contribution in [1.29, 1.82) is 0 Å². The van der Waals surface area contributed by atoms with Crippen LogP contribution in [0.1, 0.15) is 33.1 Å². The third-order valence-corrected chi connectivity index (χ3v) is 4.53. The smallest absolute Gasteiger partial charge is 0.333 e. The average molecular weight is 416 g/mol. The highest BCUT2D eigenvalue weighted by Crippen LogP contribution is 2.17. The minimum Gasteiger partial charge on any atom is -0.454 e. The van der Waals surface area contributed by atoms with Crippen molar-refractivity contribution in [2.24, 2.45) is 0 Å². The summed E-state index contributed by atoms with van der Waals surface area (Å²) in [6.07, 6.45) is 0. The van der Waals surface area contributed by atoms with Crippen molar-refractivity contribution in [3.63, 3.8) is 0 Å². The quantitative estimate of drug-likeness (QED) is 0.571. The zero-order chi connectivity index (χ0) is 22.2. The molecule has 6 heteroatoms. The molecule has 0 aliphatic carbocycles. The van der Waals surface area contributed by atoms with Gasteiger partial charge in [-0.2, -0.15) is 0 Å². The van der Waals surface area contributed by atoms with Gasteiger partial charge in [0, 0.05) is 11.3 Å². The highest BCUT2D eigenvalue weighted by atomic mass is 16.5. The van der Waals surface area contributed by atoms with Crippen molar-refractivity contribution < 1.29 is 19.1 Å². The molecule has 158 valence electrons. The van der Waals surface area contributed by atoms with Gasteiger partial charge in [0.1, 0.15) is 0 Å². The lowest BCUT2D eigenvalue weighted by atomic mass is 10.1. The summed E-state index contributed by atoms with van der Waals surface area (Å²) in [5.74, 6) is -1.59. The van der Waals surface area contributed by atoms with Crippen LogP contribution in [0.15, 0.2) is 78.9 Å².